The van der Waals surface area contributed by atoms with Crippen LogP contribution in [0.5, 0.6) is 0 Å². The zero-order chi connectivity index (χ0) is 22.1. The third-order valence-electron chi connectivity index (χ3n) is 5.44. The Labute approximate surface area is 183 Å². The molecule has 0 atom stereocenters. The summed E-state index contributed by atoms with van der Waals surface area (Å²) in [7, 11) is 0. The topological polar surface area (TPSA) is 25.8 Å². The molecule has 156 valence electrons. The molecule has 0 N–H and O–H groups in total. The molecule has 0 spiro atoms. The van der Waals surface area contributed by atoms with Gasteiger partial charge in [0.25, 0.3) is 0 Å². The summed E-state index contributed by atoms with van der Waals surface area (Å²) in [5.41, 5.74) is 4.78. The number of pyridine rings is 2. The molecule has 0 saturated heterocycles. The highest BCUT2D eigenvalue weighted by Gasteiger charge is 2.29. The van der Waals surface area contributed by atoms with E-state index in [1.807, 2.05) is 60.8 Å². The highest BCUT2D eigenvalue weighted by molar-refractivity contribution is 5.91. The highest BCUT2D eigenvalue weighted by Crippen LogP contribution is 2.32. The second kappa shape index (κ2) is 7.93. The quantitative estimate of drug-likeness (QED) is 0.296. The van der Waals surface area contributed by atoms with E-state index in [9.17, 15) is 13.2 Å². The Morgan fingerprint density at radius 3 is 1.81 bits per heavy atom. The van der Waals surface area contributed by atoms with Crippen LogP contribution in [0.1, 0.15) is 5.56 Å². The maximum atomic E-state index is 12.8. The third-order valence-corrected chi connectivity index (χ3v) is 5.44. The maximum absolute atomic E-state index is 12.8. The summed E-state index contributed by atoms with van der Waals surface area (Å²) in [5.74, 6) is 0. The van der Waals surface area contributed by atoms with E-state index in [0.717, 1.165) is 56.4 Å². The molecule has 0 aliphatic rings. The average Bonchev–Trinajstić information content (AvgIpc) is 2.83. The van der Waals surface area contributed by atoms with Crippen LogP contribution >= 0.6 is 0 Å². The zero-order valence-electron chi connectivity index (χ0n) is 16.8. The van der Waals surface area contributed by atoms with Crippen LogP contribution in [0, 0.1) is 0 Å². The minimum Gasteiger partial charge on any atom is -0.264 e. The molecule has 5 heteroatoms. The van der Waals surface area contributed by atoms with Crippen LogP contribution in [0.25, 0.3) is 44.3 Å². The highest BCUT2D eigenvalue weighted by atomic mass is 19.4. The first kappa shape index (κ1) is 19.9. The minimum absolute atomic E-state index is 0.647. The normalized spacial score (nSPS) is 11.6. The van der Waals surface area contributed by atoms with Crippen molar-refractivity contribution >= 4 is 10.8 Å². The van der Waals surface area contributed by atoms with Crippen molar-refractivity contribution in [2.24, 2.45) is 0 Å². The lowest BCUT2D eigenvalue weighted by Crippen LogP contribution is -2.03. The summed E-state index contributed by atoms with van der Waals surface area (Å²) < 4.78 is 38.5. The first-order valence-electron chi connectivity index (χ1n) is 10.1. The lowest BCUT2D eigenvalue weighted by atomic mass is 9.97. The predicted octanol–water partition coefficient (Wildman–Crippen LogP) is 7.65. The third kappa shape index (κ3) is 3.97. The van der Waals surface area contributed by atoms with E-state index in [1.54, 1.807) is 12.4 Å². The number of alkyl halides is 3. The van der Waals surface area contributed by atoms with Gasteiger partial charge in [0.2, 0.25) is 0 Å². The number of halogens is 3. The molecule has 0 saturated carbocycles. The standard InChI is InChI=1S/C27H17F3N2/c28-27(29,30)25-10-7-18(8-11-25)20-5-3-19-4-6-21(15-24(19)14-20)22-9-12-26(32-17-22)23-2-1-13-31-16-23/h1-17H. The molecular formula is C27H17F3N2. The largest absolute Gasteiger partial charge is 0.416 e. The van der Waals surface area contributed by atoms with Crippen LogP contribution < -0.4 is 0 Å². The van der Waals surface area contributed by atoms with Crippen LogP contribution in [0.4, 0.5) is 13.2 Å². The molecule has 2 nitrogen and oxygen atoms in total. The molecule has 0 fully saturated rings. The fourth-order valence-electron chi connectivity index (χ4n) is 3.71. The van der Waals surface area contributed by atoms with Gasteiger partial charge in [-0.15, -0.1) is 0 Å². The molecule has 2 heterocycles. The van der Waals surface area contributed by atoms with Crippen molar-refractivity contribution in [2.45, 2.75) is 6.18 Å². The predicted molar refractivity (Wildman–Crippen MR) is 121 cm³/mol. The fraction of sp³-hybridized carbons (Fsp3) is 0.0370. The second-order valence-electron chi connectivity index (χ2n) is 7.53. The van der Waals surface area contributed by atoms with Gasteiger partial charge < -0.3 is 0 Å². The maximum Gasteiger partial charge on any atom is 0.416 e. The van der Waals surface area contributed by atoms with Crippen LogP contribution in [-0.4, -0.2) is 9.97 Å². The number of fused-ring (bicyclic) bond motifs is 1. The van der Waals surface area contributed by atoms with Gasteiger partial charge in [-0.1, -0.05) is 42.5 Å². The molecule has 0 unspecified atom stereocenters. The molecule has 0 aliphatic carbocycles. The monoisotopic (exact) mass is 426 g/mol. The second-order valence-corrected chi connectivity index (χ2v) is 7.53. The first-order chi connectivity index (χ1) is 15.5. The lowest BCUT2D eigenvalue weighted by Gasteiger charge is -2.09. The minimum atomic E-state index is -4.34. The van der Waals surface area contributed by atoms with Gasteiger partial charge in [0, 0.05) is 29.7 Å². The van der Waals surface area contributed by atoms with Gasteiger partial charge in [0.1, 0.15) is 0 Å². The molecule has 5 aromatic rings. The van der Waals surface area contributed by atoms with Crippen molar-refractivity contribution in [2.75, 3.05) is 0 Å². The van der Waals surface area contributed by atoms with Crippen molar-refractivity contribution in [1.82, 2.24) is 9.97 Å². The summed E-state index contributed by atoms with van der Waals surface area (Å²) in [6.45, 7) is 0. The number of hydrogen-bond acceptors (Lipinski definition) is 2. The van der Waals surface area contributed by atoms with E-state index in [1.165, 1.54) is 12.1 Å². The Morgan fingerprint density at radius 2 is 1.22 bits per heavy atom. The summed E-state index contributed by atoms with van der Waals surface area (Å²) in [6.07, 6.45) is 1.01. The smallest absolute Gasteiger partial charge is 0.264 e. The summed E-state index contributed by atoms with van der Waals surface area (Å²) >= 11 is 0. The van der Waals surface area contributed by atoms with Gasteiger partial charge in [0.15, 0.2) is 0 Å². The number of hydrogen-bond donors (Lipinski definition) is 0. The Balaban J connectivity index is 1.47. The molecule has 0 radical (unpaired) electrons. The SMILES string of the molecule is FC(F)(F)c1ccc(-c2ccc3ccc(-c4ccc(-c5cccnc5)nc4)cc3c2)cc1. The van der Waals surface area contributed by atoms with Crippen LogP contribution in [0.3, 0.4) is 0 Å². The fourth-order valence-corrected chi connectivity index (χ4v) is 3.71. The van der Waals surface area contributed by atoms with E-state index in [4.69, 9.17) is 0 Å². The lowest BCUT2D eigenvalue weighted by molar-refractivity contribution is -0.137. The van der Waals surface area contributed by atoms with Gasteiger partial charge in [-0.3, -0.25) is 9.97 Å². The zero-order valence-corrected chi connectivity index (χ0v) is 16.8. The van der Waals surface area contributed by atoms with E-state index in [0.29, 0.717) is 0 Å². The molecule has 0 amide bonds. The van der Waals surface area contributed by atoms with Crippen LogP contribution in [0.15, 0.2) is 104 Å². The van der Waals surface area contributed by atoms with Crippen molar-refractivity contribution in [3.05, 3.63) is 109 Å². The van der Waals surface area contributed by atoms with Gasteiger partial charge >= 0.3 is 6.18 Å². The molecule has 2 aromatic heterocycles. The molecule has 0 aliphatic heterocycles. The van der Waals surface area contributed by atoms with Crippen molar-refractivity contribution in [1.29, 1.82) is 0 Å². The van der Waals surface area contributed by atoms with Gasteiger partial charge in [-0.05, 0) is 69.9 Å². The van der Waals surface area contributed by atoms with E-state index < -0.39 is 11.7 Å². The molecular weight excluding hydrogens is 409 g/mol. The van der Waals surface area contributed by atoms with Crippen molar-refractivity contribution < 1.29 is 13.2 Å². The van der Waals surface area contributed by atoms with Gasteiger partial charge in [0.05, 0.1) is 11.3 Å². The Hall–Kier alpha value is -3.99. The van der Waals surface area contributed by atoms with Crippen LogP contribution in [-0.2, 0) is 6.18 Å². The Morgan fingerprint density at radius 1 is 0.562 bits per heavy atom. The average molecular weight is 426 g/mol. The van der Waals surface area contributed by atoms with Crippen LogP contribution in [0.2, 0.25) is 0 Å². The number of rotatable bonds is 3. The number of nitrogens with zero attached hydrogens (tertiary/aromatic N) is 2. The van der Waals surface area contributed by atoms with E-state index in [-0.39, 0.29) is 0 Å². The van der Waals surface area contributed by atoms with Gasteiger partial charge in [-0.2, -0.15) is 13.2 Å². The summed E-state index contributed by atoms with van der Waals surface area (Å²) in [4.78, 5) is 8.70. The van der Waals surface area contributed by atoms with Crippen molar-refractivity contribution in [3.8, 4) is 33.5 Å². The van der Waals surface area contributed by atoms with E-state index in [2.05, 4.69) is 16.0 Å². The number of aromatic nitrogens is 2. The van der Waals surface area contributed by atoms with E-state index >= 15 is 0 Å². The Bertz CT molecular complexity index is 1380. The van der Waals surface area contributed by atoms with Gasteiger partial charge in [-0.25, -0.2) is 0 Å². The Kier molecular flexibility index (Phi) is 4.94. The molecule has 0 bridgehead atoms. The molecule has 3 aromatic carbocycles. The first-order valence-corrected chi connectivity index (χ1v) is 10.1. The summed E-state index contributed by atoms with van der Waals surface area (Å²) in [6, 6.07) is 25.1. The molecule has 32 heavy (non-hydrogen) atoms. The van der Waals surface area contributed by atoms with Crippen molar-refractivity contribution in [3.63, 3.8) is 0 Å². The number of benzene rings is 3. The molecule has 5 rings (SSSR count). The summed E-state index contributed by atoms with van der Waals surface area (Å²) in [5, 5.41) is 2.07.